The zero-order valence-electron chi connectivity index (χ0n) is 11.5. The van der Waals surface area contributed by atoms with Crippen molar-refractivity contribution in [1.82, 2.24) is 0 Å². The fraction of sp³-hybridized carbons (Fsp3) is 0.500. The molecule has 0 spiro atoms. The van der Waals surface area contributed by atoms with Crippen molar-refractivity contribution in [3.8, 4) is 6.07 Å². The zero-order valence-corrected chi connectivity index (χ0v) is 12.3. The molecule has 1 aliphatic rings. The molecule has 1 aromatic rings. The molecule has 1 fully saturated rings. The van der Waals surface area contributed by atoms with E-state index < -0.39 is 28.1 Å². The maximum Gasteiger partial charge on any atom is 0.417 e. The lowest BCUT2D eigenvalue weighted by molar-refractivity contribution is -0.137. The second-order valence-corrected chi connectivity index (χ2v) is 6.99. The summed E-state index contributed by atoms with van der Waals surface area (Å²) in [6.07, 6.45) is -0.329. The van der Waals surface area contributed by atoms with E-state index in [0.29, 0.717) is 6.54 Å². The van der Waals surface area contributed by atoms with Gasteiger partial charge in [-0.2, -0.15) is 18.4 Å². The summed E-state index contributed by atoms with van der Waals surface area (Å²) < 4.78 is 50.0. The summed E-state index contributed by atoms with van der Waals surface area (Å²) in [5.41, 5.74) is -1.06. The summed E-state index contributed by atoms with van der Waals surface area (Å²) in [5.74, 6) is 0. The molecule has 1 saturated carbocycles. The fourth-order valence-electron chi connectivity index (χ4n) is 2.39. The van der Waals surface area contributed by atoms with Crippen LogP contribution in [0, 0.1) is 11.3 Å². The molecule has 21 heavy (non-hydrogen) atoms. The van der Waals surface area contributed by atoms with Crippen molar-refractivity contribution in [2.45, 2.75) is 30.2 Å². The molecule has 7 heteroatoms. The van der Waals surface area contributed by atoms with Crippen LogP contribution in [0.1, 0.15) is 30.4 Å². The maximum absolute atomic E-state index is 12.9. The predicted molar refractivity (Wildman–Crippen MR) is 75.3 cm³/mol. The van der Waals surface area contributed by atoms with Crippen molar-refractivity contribution in [3.05, 3.63) is 29.3 Å². The number of halogens is 3. The summed E-state index contributed by atoms with van der Waals surface area (Å²) in [5, 5.41) is 11.7. The van der Waals surface area contributed by atoms with E-state index in [-0.39, 0.29) is 10.4 Å². The molecule has 0 unspecified atom stereocenters. The van der Waals surface area contributed by atoms with Gasteiger partial charge in [-0.25, -0.2) is 0 Å². The number of alkyl halides is 3. The highest BCUT2D eigenvalue weighted by atomic mass is 32.2. The van der Waals surface area contributed by atoms with Gasteiger partial charge in [-0.15, -0.1) is 0 Å². The van der Waals surface area contributed by atoms with E-state index in [1.165, 1.54) is 6.07 Å². The lowest BCUT2D eigenvalue weighted by Crippen LogP contribution is -2.47. The third-order valence-electron chi connectivity index (χ3n) is 3.93. The van der Waals surface area contributed by atoms with Gasteiger partial charge in [0, 0.05) is 29.3 Å². The fourth-order valence-corrected chi connectivity index (χ4v) is 3.53. The summed E-state index contributed by atoms with van der Waals surface area (Å²) in [6, 6.07) is 5.08. The van der Waals surface area contributed by atoms with Crippen LogP contribution in [0.25, 0.3) is 0 Å². The van der Waals surface area contributed by atoms with E-state index in [1.807, 2.05) is 0 Å². The highest BCUT2D eigenvalue weighted by molar-refractivity contribution is 7.85. The first-order valence-electron chi connectivity index (χ1n) is 6.47. The summed E-state index contributed by atoms with van der Waals surface area (Å²) in [6.45, 7) is 0.374. The minimum absolute atomic E-state index is 0.290. The minimum Gasteiger partial charge on any atom is -0.384 e. The Kier molecular flexibility index (Phi) is 4.28. The molecular formula is C14H15F3N2OS. The van der Waals surface area contributed by atoms with Gasteiger partial charge >= 0.3 is 6.18 Å². The first kappa shape index (κ1) is 15.8. The Hall–Kier alpha value is -1.55. The second kappa shape index (κ2) is 5.68. The van der Waals surface area contributed by atoms with E-state index >= 15 is 0 Å². The monoisotopic (exact) mass is 316 g/mol. The molecule has 0 heterocycles. The summed E-state index contributed by atoms with van der Waals surface area (Å²) >= 11 is 0. The molecular weight excluding hydrogens is 301 g/mol. The zero-order chi connectivity index (χ0) is 15.7. The average molecular weight is 316 g/mol. The summed E-state index contributed by atoms with van der Waals surface area (Å²) in [4.78, 5) is 0. The van der Waals surface area contributed by atoms with Gasteiger partial charge < -0.3 is 5.32 Å². The Bertz CT molecular complexity index is 603. The van der Waals surface area contributed by atoms with Gasteiger partial charge in [0.25, 0.3) is 0 Å². The maximum atomic E-state index is 12.9. The van der Waals surface area contributed by atoms with Gasteiger partial charge in [-0.3, -0.25) is 4.21 Å². The predicted octanol–water partition coefficient (Wildman–Crippen LogP) is 3.29. The third-order valence-corrected chi connectivity index (χ3v) is 5.71. The Morgan fingerprint density at radius 1 is 1.43 bits per heavy atom. The van der Waals surface area contributed by atoms with Gasteiger partial charge in [0.1, 0.15) is 0 Å². The van der Waals surface area contributed by atoms with Crippen LogP contribution in [0.4, 0.5) is 18.9 Å². The number of anilines is 1. The number of hydrogen-bond acceptors (Lipinski definition) is 3. The highest BCUT2D eigenvalue weighted by Crippen LogP contribution is 2.38. The van der Waals surface area contributed by atoms with E-state index in [4.69, 9.17) is 5.26 Å². The molecule has 1 atom stereocenters. The normalized spacial score (nSPS) is 18.4. The van der Waals surface area contributed by atoms with Crippen LogP contribution in [0.2, 0.25) is 0 Å². The van der Waals surface area contributed by atoms with Crippen molar-refractivity contribution in [2.24, 2.45) is 0 Å². The standard InChI is InChI=1S/C14H15F3N2OS/c1-21(20)13(5-2-6-13)9-19-11-4-3-10(8-18)12(7-11)14(15,16)17/h3-4,7,19H,2,5-6,9H2,1H3/t21-/m1/s1. The molecule has 0 radical (unpaired) electrons. The Morgan fingerprint density at radius 2 is 2.10 bits per heavy atom. The number of nitrogens with zero attached hydrogens (tertiary/aromatic N) is 1. The lowest BCUT2D eigenvalue weighted by Gasteiger charge is -2.40. The SMILES string of the molecule is C[S@@](=O)C1(CNc2ccc(C#N)c(C(F)(F)F)c2)CCC1. The van der Waals surface area contributed by atoms with Gasteiger partial charge in [0.05, 0.1) is 21.9 Å². The van der Waals surface area contributed by atoms with Gasteiger partial charge in [0.2, 0.25) is 0 Å². The van der Waals surface area contributed by atoms with E-state index in [0.717, 1.165) is 31.4 Å². The van der Waals surface area contributed by atoms with E-state index in [2.05, 4.69) is 5.32 Å². The van der Waals surface area contributed by atoms with Crippen LogP contribution in [0.15, 0.2) is 18.2 Å². The van der Waals surface area contributed by atoms with Crippen LogP contribution in [0.5, 0.6) is 0 Å². The molecule has 114 valence electrons. The first-order chi connectivity index (χ1) is 9.78. The topological polar surface area (TPSA) is 52.9 Å². The van der Waals surface area contributed by atoms with Gasteiger partial charge in [0.15, 0.2) is 0 Å². The summed E-state index contributed by atoms with van der Waals surface area (Å²) in [7, 11) is -1.02. The first-order valence-corrected chi connectivity index (χ1v) is 8.03. The molecule has 3 nitrogen and oxygen atoms in total. The van der Waals surface area contributed by atoms with Crippen LogP contribution in [-0.2, 0) is 17.0 Å². The third kappa shape index (κ3) is 3.21. The number of rotatable bonds is 4. The smallest absolute Gasteiger partial charge is 0.384 e. The van der Waals surface area contributed by atoms with Crippen molar-refractivity contribution in [1.29, 1.82) is 5.26 Å². The minimum atomic E-state index is -4.56. The number of nitriles is 1. The van der Waals surface area contributed by atoms with Crippen LogP contribution in [-0.4, -0.2) is 21.8 Å². The van der Waals surface area contributed by atoms with Crippen molar-refractivity contribution in [2.75, 3.05) is 18.1 Å². The number of nitrogens with one attached hydrogen (secondary N) is 1. The molecule has 1 N–H and O–H groups in total. The van der Waals surface area contributed by atoms with E-state index in [1.54, 1.807) is 12.3 Å². The second-order valence-electron chi connectivity index (χ2n) is 5.21. The van der Waals surface area contributed by atoms with Crippen LogP contribution >= 0.6 is 0 Å². The highest BCUT2D eigenvalue weighted by Gasteiger charge is 2.41. The van der Waals surface area contributed by atoms with Gasteiger partial charge in [-0.05, 0) is 31.0 Å². The molecule has 0 aliphatic heterocycles. The lowest BCUT2D eigenvalue weighted by atomic mass is 9.84. The van der Waals surface area contributed by atoms with Crippen molar-refractivity contribution >= 4 is 16.5 Å². The van der Waals surface area contributed by atoms with Crippen molar-refractivity contribution in [3.63, 3.8) is 0 Å². The Morgan fingerprint density at radius 3 is 2.52 bits per heavy atom. The Labute approximate surface area is 123 Å². The molecule has 0 aromatic heterocycles. The molecule has 2 rings (SSSR count). The number of benzene rings is 1. The largest absolute Gasteiger partial charge is 0.417 e. The molecule has 0 amide bonds. The molecule has 0 bridgehead atoms. The average Bonchev–Trinajstić information content (AvgIpc) is 2.35. The molecule has 1 aromatic carbocycles. The Balaban J connectivity index is 2.19. The van der Waals surface area contributed by atoms with E-state index in [9.17, 15) is 17.4 Å². The molecule has 1 aliphatic carbocycles. The van der Waals surface area contributed by atoms with Crippen LogP contribution in [0.3, 0.4) is 0 Å². The molecule has 0 saturated heterocycles. The van der Waals surface area contributed by atoms with Crippen LogP contribution < -0.4 is 5.32 Å². The number of hydrogen-bond donors (Lipinski definition) is 1. The van der Waals surface area contributed by atoms with Crippen molar-refractivity contribution < 1.29 is 17.4 Å². The quantitative estimate of drug-likeness (QED) is 0.927. The van der Waals surface area contributed by atoms with Gasteiger partial charge in [-0.1, -0.05) is 6.42 Å².